The van der Waals surface area contributed by atoms with Crippen LogP contribution in [0.1, 0.15) is 45.8 Å². The van der Waals surface area contributed by atoms with E-state index >= 15 is 0 Å². The molecule has 3 aromatic carbocycles. The smallest absolute Gasteiger partial charge is 0.338 e. The van der Waals surface area contributed by atoms with Gasteiger partial charge in [0.2, 0.25) is 0 Å². The third-order valence-electron chi connectivity index (χ3n) is 7.75. The van der Waals surface area contributed by atoms with Crippen molar-refractivity contribution in [3.63, 3.8) is 0 Å². The lowest BCUT2D eigenvalue weighted by atomic mass is 9.93. The van der Waals surface area contributed by atoms with Crippen LogP contribution < -0.4 is 24.4 Å². The normalized spacial score (nSPS) is 14.4. The molecule has 0 bridgehead atoms. The fourth-order valence-corrected chi connectivity index (χ4v) is 6.48. The van der Waals surface area contributed by atoms with Crippen molar-refractivity contribution in [2.24, 2.45) is 4.99 Å². The van der Waals surface area contributed by atoms with Crippen molar-refractivity contribution in [1.29, 1.82) is 0 Å². The van der Waals surface area contributed by atoms with Crippen molar-refractivity contribution in [3.05, 3.63) is 132 Å². The highest BCUT2D eigenvalue weighted by atomic mass is 32.1. The molecule has 5 aromatic rings. The fraction of sp³-hybridized carbons (Fsp3) is 0.167. The molecule has 1 atom stereocenters. The number of aromatic nitrogens is 1. The van der Waals surface area contributed by atoms with Crippen LogP contribution in [0.2, 0.25) is 0 Å². The van der Waals surface area contributed by atoms with Gasteiger partial charge < -0.3 is 23.7 Å². The Bertz CT molecular complexity index is 2230. The quantitative estimate of drug-likeness (QED) is 0.215. The van der Waals surface area contributed by atoms with Crippen LogP contribution in [0, 0.1) is 6.92 Å². The number of hydrogen-bond acceptors (Lipinski definition) is 9. The monoisotopic (exact) mass is 650 g/mol. The van der Waals surface area contributed by atoms with E-state index in [0.29, 0.717) is 54.7 Å². The molecule has 238 valence electrons. The topological polar surface area (TPSA) is 130 Å². The first-order chi connectivity index (χ1) is 22.7. The number of carboxylic acids is 1. The van der Waals surface area contributed by atoms with Crippen LogP contribution in [0.25, 0.3) is 23.1 Å². The molecule has 0 saturated carbocycles. The molecule has 10 nitrogen and oxygen atoms in total. The number of aromatic carboxylic acids is 1. The molecule has 0 fully saturated rings. The third kappa shape index (κ3) is 5.88. The number of hydrogen-bond donors (Lipinski definition) is 1. The molecular weight excluding hydrogens is 620 g/mol. The predicted octanol–water partition coefficient (Wildman–Crippen LogP) is 5.22. The summed E-state index contributed by atoms with van der Waals surface area (Å²) in [6.07, 6.45) is 1.62. The van der Waals surface area contributed by atoms with Gasteiger partial charge in [-0.1, -0.05) is 53.8 Å². The maximum absolute atomic E-state index is 14.2. The molecule has 2 aromatic heterocycles. The minimum Gasteiger partial charge on any atom is -0.493 e. The van der Waals surface area contributed by atoms with Crippen molar-refractivity contribution >= 4 is 35.0 Å². The highest BCUT2D eigenvalue weighted by molar-refractivity contribution is 7.07. The Morgan fingerprint density at radius 2 is 1.77 bits per heavy atom. The second-order valence-electron chi connectivity index (χ2n) is 10.6. The Labute approximate surface area is 273 Å². The van der Waals surface area contributed by atoms with Gasteiger partial charge in [-0.2, -0.15) is 0 Å². The number of carbonyl (C=O) groups excluding carboxylic acids is 1. The minimum absolute atomic E-state index is 0.128. The van der Waals surface area contributed by atoms with Gasteiger partial charge in [-0.15, -0.1) is 0 Å². The van der Waals surface area contributed by atoms with Gasteiger partial charge in [-0.25, -0.2) is 14.6 Å². The highest BCUT2D eigenvalue weighted by Gasteiger charge is 2.35. The van der Waals surface area contributed by atoms with Crippen LogP contribution in [0.3, 0.4) is 0 Å². The minimum atomic E-state index is -1.04. The molecule has 1 aliphatic heterocycles. The first kappa shape index (κ1) is 31.3. The molecule has 47 heavy (non-hydrogen) atoms. The second-order valence-corrected chi connectivity index (χ2v) is 11.6. The summed E-state index contributed by atoms with van der Waals surface area (Å²) in [4.78, 5) is 44.8. The van der Waals surface area contributed by atoms with Gasteiger partial charge in [0.25, 0.3) is 5.56 Å². The summed E-state index contributed by atoms with van der Waals surface area (Å²) in [7, 11) is 3.05. The van der Waals surface area contributed by atoms with Crippen LogP contribution in [-0.4, -0.2) is 42.4 Å². The third-order valence-corrected chi connectivity index (χ3v) is 8.73. The molecule has 0 radical (unpaired) electrons. The Hall–Kier alpha value is -5.68. The zero-order valence-corrected chi connectivity index (χ0v) is 26.8. The van der Waals surface area contributed by atoms with Crippen molar-refractivity contribution in [3.8, 4) is 22.8 Å². The number of methoxy groups -OCH3 is 2. The summed E-state index contributed by atoms with van der Waals surface area (Å²) in [5.41, 5.74) is 3.10. The fourth-order valence-electron chi connectivity index (χ4n) is 5.50. The van der Waals surface area contributed by atoms with Crippen molar-refractivity contribution < 1.29 is 33.3 Å². The number of fused-ring (bicyclic) bond motifs is 1. The van der Waals surface area contributed by atoms with Gasteiger partial charge in [0.1, 0.15) is 11.5 Å². The van der Waals surface area contributed by atoms with Crippen LogP contribution in [-0.2, 0) is 9.53 Å². The van der Waals surface area contributed by atoms with Gasteiger partial charge in [0.05, 0.1) is 48.2 Å². The maximum atomic E-state index is 14.2. The zero-order valence-electron chi connectivity index (χ0n) is 26.0. The van der Waals surface area contributed by atoms with Crippen molar-refractivity contribution in [1.82, 2.24) is 4.57 Å². The lowest BCUT2D eigenvalue weighted by Gasteiger charge is -2.26. The molecule has 1 N–H and O–H groups in total. The SMILES string of the molecule is CCOC(=O)C1=C(c2ccccc2)N=c2s/c(=C\c3ccc(-c4cc(C(=O)O)ccc4C)o3)c(=O)n2[C@@H]1c1ccc(OC)c(OC)c1. The Kier molecular flexibility index (Phi) is 8.64. The van der Waals surface area contributed by atoms with Crippen LogP contribution in [0.5, 0.6) is 11.5 Å². The summed E-state index contributed by atoms with van der Waals surface area (Å²) in [5, 5.41) is 9.46. The van der Waals surface area contributed by atoms with E-state index in [1.54, 1.807) is 55.5 Å². The molecule has 0 unspecified atom stereocenters. The van der Waals surface area contributed by atoms with Crippen LogP contribution in [0.15, 0.2) is 98.6 Å². The number of esters is 1. The van der Waals surface area contributed by atoms with Crippen LogP contribution >= 0.6 is 11.3 Å². The average molecular weight is 651 g/mol. The molecule has 6 rings (SSSR count). The van der Waals surface area contributed by atoms with Crippen LogP contribution in [0.4, 0.5) is 0 Å². The summed E-state index contributed by atoms with van der Waals surface area (Å²) in [6, 6.07) is 21.9. The number of aryl methyl sites for hydroxylation is 1. The van der Waals surface area contributed by atoms with Crippen molar-refractivity contribution in [2.75, 3.05) is 20.8 Å². The van der Waals surface area contributed by atoms with E-state index in [1.165, 1.54) is 24.9 Å². The Morgan fingerprint density at radius 3 is 2.47 bits per heavy atom. The Balaban J connectivity index is 1.57. The number of nitrogens with zero attached hydrogens (tertiary/aromatic N) is 2. The molecule has 1 aliphatic rings. The van der Waals surface area contributed by atoms with E-state index in [0.717, 1.165) is 16.9 Å². The van der Waals surface area contributed by atoms with E-state index in [2.05, 4.69) is 0 Å². The lowest BCUT2D eigenvalue weighted by Crippen LogP contribution is -2.40. The second kappa shape index (κ2) is 13.0. The Morgan fingerprint density at radius 1 is 1.00 bits per heavy atom. The number of carbonyl (C=O) groups is 2. The molecule has 0 amide bonds. The first-order valence-corrected chi connectivity index (χ1v) is 15.5. The van der Waals surface area contributed by atoms with Gasteiger partial charge in [-0.3, -0.25) is 9.36 Å². The van der Waals surface area contributed by atoms with E-state index in [9.17, 15) is 19.5 Å². The number of furan rings is 1. The molecule has 0 spiro atoms. The number of carboxylic acid groups (broad SMARTS) is 1. The maximum Gasteiger partial charge on any atom is 0.338 e. The number of thiazole rings is 1. The standard InChI is InChI=1S/C36H30N2O8S/c1-5-45-35(42)30-31(21-9-7-6-8-10-21)37-36-38(32(30)22-13-15-27(43-3)28(18-22)44-4)33(39)29(47-36)19-24-14-16-26(46-24)25-17-23(34(40)41)12-11-20(25)2/h6-19,32H,5H2,1-4H3,(H,40,41)/b29-19-/t32-/m1/s1. The highest BCUT2D eigenvalue weighted by Crippen LogP contribution is 2.38. The van der Waals surface area contributed by atoms with E-state index < -0.39 is 18.0 Å². The van der Waals surface area contributed by atoms with E-state index in [1.807, 2.05) is 37.3 Å². The van der Waals surface area contributed by atoms with E-state index in [-0.39, 0.29) is 23.3 Å². The number of ether oxygens (including phenoxy) is 3. The number of benzene rings is 3. The number of rotatable bonds is 9. The van der Waals surface area contributed by atoms with Gasteiger partial charge in [0.15, 0.2) is 16.3 Å². The summed E-state index contributed by atoms with van der Waals surface area (Å²) in [5.74, 6) is 0.133. The largest absolute Gasteiger partial charge is 0.493 e. The molecule has 0 saturated heterocycles. The molecular formula is C36H30N2O8S. The van der Waals surface area contributed by atoms with Gasteiger partial charge in [0, 0.05) is 17.2 Å². The molecule has 0 aliphatic carbocycles. The molecule has 11 heteroatoms. The summed E-state index contributed by atoms with van der Waals surface area (Å²) in [6.45, 7) is 3.71. The lowest BCUT2D eigenvalue weighted by molar-refractivity contribution is -0.138. The molecule has 3 heterocycles. The van der Waals surface area contributed by atoms with Gasteiger partial charge in [-0.05, 0) is 61.4 Å². The van der Waals surface area contributed by atoms with Gasteiger partial charge >= 0.3 is 11.9 Å². The first-order valence-electron chi connectivity index (χ1n) is 14.7. The average Bonchev–Trinajstić information content (AvgIpc) is 3.67. The van der Waals surface area contributed by atoms with E-state index in [4.69, 9.17) is 23.6 Å². The zero-order chi connectivity index (χ0) is 33.2. The summed E-state index contributed by atoms with van der Waals surface area (Å²) < 4.78 is 24.5. The summed E-state index contributed by atoms with van der Waals surface area (Å²) >= 11 is 1.16. The predicted molar refractivity (Wildman–Crippen MR) is 176 cm³/mol. The van der Waals surface area contributed by atoms with Crippen molar-refractivity contribution in [2.45, 2.75) is 19.9 Å².